The summed E-state index contributed by atoms with van der Waals surface area (Å²) in [5.74, 6) is 2.23. The molecule has 0 N–H and O–H groups in total. The summed E-state index contributed by atoms with van der Waals surface area (Å²) in [5.41, 5.74) is 6.67. The van der Waals surface area contributed by atoms with Crippen LogP contribution in [-0.4, -0.2) is 0 Å². The molecule has 3 atom stereocenters. The molecule has 86 valence electrons. The first-order valence-electron chi connectivity index (χ1n) is 6.84. The second-order valence-electron chi connectivity index (χ2n) is 5.79. The van der Waals surface area contributed by atoms with Gasteiger partial charge in [0.2, 0.25) is 0 Å². The highest BCUT2D eigenvalue weighted by atomic mass is 14.5. The lowest BCUT2D eigenvalue weighted by Crippen LogP contribution is -2.31. The zero-order chi connectivity index (χ0) is 11.4. The van der Waals surface area contributed by atoms with Crippen molar-refractivity contribution in [2.45, 2.75) is 38.0 Å². The maximum Gasteiger partial charge on any atom is 0.0118 e. The standard InChI is InChI=1S/C17H18/c1-11-10-16-12-6-2-4-8-14(12)17(11)15-9-5-3-7-13(15)16/h2,4-6,8-9,11,16-17H,3,7,10H2,1H3. The number of allylic oxidation sites excluding steroid dienone is 4. The van der Waals surface area contributed by atoms with E-state index in [0.29, 0.717) is 5.92 Å². The summed E-state index contributed by atoms with van der Waals surface area (Å²) in [4.78, 5) is 0. The molecule has 4 aliphatic carbocycles. The molecule has 17 heavy (non-hydrogen) atoms. The van der Waals surface area contributed by atoms with Crippen LogP contribution < -0.4 is 0 Å². The lowest BCUT2D eigenvalue weighted by Gasteiger charge is -2.46. The number of rotatable bonds is 0. The predicted molar refractivity (Wildman–Crippen MR) is 71.1 cm³/mol. The molecule has 0 heteroatoms. The van der Waals surface area contributed by atoms with Crippen molar-refractivity contribution < 1.29 is 0 Å². The SMILES string of the molecule is CC1CC2C3=C(C=CCC3)C1c1ccccc12. The van der Waals surface area contributed by atoms with Crippen molar-refractivity contribution in [2.24, 2.45) is 5.92 Å². The van der Waals surface area contributed by atoms with Gasteiger partial charge >= 0.3 is 0 Å². The van der Waals surface area contributed by atoms with Gasteiger partial charge in [-0.05, 0) is 41.9 Å². The first-order valence-corrected chi connectivity index (χ1v) is 6.84. The number of hydrogen-bond acceptors (Lipinski definition) is 0. The average Bonchev–Trinajstić information content (AvgIpc) is 2.39. The Bertz CT molecular complexity index is 533. The summed E-state index contributed by atoms with van der Waals surface area (Å²) in [6.07, 6.45) is 8.71. The van der Waals surface area contributed by atoms with Gasteiger partial charge in [0.1, 0.15) is 0 Å². The third-order valence-electron chi connectivity index (χ3n) is 4.89. The fourth-order valence-corrected chi connectivity index (χ4v) is 4.24. The molecule has 1 aromatic rings. The molecular formula is C17H18. The first kappa shape index (κ1) is 9.70. The summed E-state index contributed by atoms with van der Waals surface area (Å²) in [6.45, 7) is 2.43. The molecule has 0 fully saturated rings. The van der Waals surface area contributed by atoms with Crippen molar-refractivity contribution in [2.75, 3.05) is 0 Å². The summed E-state index contributed by atoms with van der Waals surface area (Å²) in [7, 11) is 0. The molecule has 0 nitrogen and oxygen atoms in total. The molecule has 0 aliphatic heterocycles. The highest BCUT2D eigenvalue weighted by molar-refractivity contribution is 5.55. The summed E-state index contributed by atoms with van der Waals surface area (Å²) in [6, 6.07) is 9.14. The second kappa shape index (κ2) is 3.35. The quantitative estimate of drug-likeness (QED) is 0.604. The van der Waals surface area contributed by atoms with Gasteiger partial charge < -0.3 is 0 Å². The van der Waals surface area contributed by atoms with E-state index < -0.39 is 0 Å². The van der Waals surface area contributed by atoms with Gasteiger partial charge in [0.15, 0.2) is 0 Å². The Morgan fingerprint density at radius 3 is 2.82 bits per heavy atom. The minimum Gasteiger partial charge on any atom is -0.0839 e. The molecule has 2 bridgehead atoms. The van der Waals surface area contributed by atoms with Crippen molar-refractivity contribution in [3.05, 3.63) is 58.7 Å². The molecule has 5 rings (SSSR count). The van der Waals surface area contributed by atoms with Gasteiger partial charge in [0.25, 0.3) is 0 Å². The van der Waals surface area contributed by atoms with Gasteiger partial charge in [-0.15, -0.1) is 0 Å². The maximum atomic E-state index is 2.43. The third kappa shape index (κ3) is 1.19. The van der Waals surface area contributed by atoms with E-state index in [2.05, 4.69) is 43.3 Å². The topological polar surface area (TPSA) is 0 Å². The van der Waals surface area contributed by atoms with Crippen LogP contribution in [0.15, 0.2) is 47.6 Å². The van der Waals surface area contributed by atoms with Crippen molar-refractivity contribution in [1.29, 1.82) is 0 Å². The fraction of sp³-hybridized carbons (Fsp3) is 0.412. The van der Waals surface area contributed by atoms with Gasteiger partial charge in [-0.3, -0.25) is 0 Å². The van der Waals surface area contributed by atoms with E-state index in [0.717, 1.165) is 11.8 Å². The number of benzene rings is 1. The first-order chi connectivity index (χ1) is 8.36. The molecule has 3 unspecified atom stereocenters. The van der Waals surface area contributed by atoms with Gasteiger partial charge in [-0.25, -0.2) is 0 Å². The molecule has 0 saturated carbocycles. The van der Waals surface area contributed by atoms with E-state index in [1.165, 1.54) is 19.3 Å². The Morgan fingerprint density at radius 2 is 1.94 bits per heavy atom. The Morgan fingerprint density at radius 1 is 1.12 bits per heavy atom. The van der Waals surface area contributed by atoms with Gasteiger partial charge in [-0.2, -0.15) is 0 Å². The Labute approximate surface area is 103 Å². The van der Waals surface area contributed by atoms with Crippen molar-refractivity contribution in [1.82, 2.24) is 0 Å². The van der Waals surface area contributed by atoms with Crippen molar-refractivity contribution >= 4 is 0 Å². The van der Waals surface area contributed by atoms with Crippen LogP contribution in [0.2, 0.25) is 0 Å². The van der Waals surface area contributed by atoms with E-state index in [1.54, 1.807) is 22.3 Å². The molecular weight excluding hydrogens is 204 g/mol. The van der Waals surface area contributed by atoms with E-state index in [4.69, 9.17) is 0 Å². The fourth-order valence-electron chi connectivity index (χ4n) is 4.24. The molecule has 0 aromatic heterocycles. The highest BCUT2D eigenvalue weighted by Crippen LogP contribution is 2.57. The van der Waals surface area contributed by atoms with Crippen LogP contribution in [0.1, 0.15) is 49.1 Å². The molecule has 0 amide bonds. The lowest BCUT2D eigenvalue weighted by atomic mass is 9.58. The Balaban J connectivity index is 1.97. The summed E-state index contributed by atoms with van der Waals surface area (Å²) in [5, 5.41) is 0. The molecule has 0 heterocycles. The van der Waals surface area contributed by atoms with Gasteiger partial charge in [-0.1, -0.05) is 48.9 Å². The average molecular weight is 222 g/mol. The molecule has 0 radical (unpaired) electrons. The van der Waals surface area contributed by atoms with E-state index in [9.17, 15) is 0 Å². The largest absolute Gasteiger partial charge is 0.0839 e. The maximum absolute atomic E-state index is 2.43. The number of hydrogen-bond donors (Lipinski definition) is 0. The lowest BCUT2D eigenvalue weighted by molar-refractivity contribution is 0.374. The minimum atomic E-state index is 0.683. The smallest absolute Gasteiger partial charge is 0.0118 e. The Hall–Kier alpha value is -1.30. The van der Waals surface area contributed by atoms with Crippen LogP contribution in [0.5, 0.6) is 0 Å². The van der Waals surface area contributed by atoms with Crippen LogP contribution >= 0.6 is 0 Å². The monoisotopic (exact) mass is 222 g/mol. The molecule has 0 spiro atoms. The second-order valence-corrected chi connectivity index (χ2v) is 5.79. The highest BCUT2D eigenvalue weighted by Gasteiger charge is 2.42. The van der Waals surface area contributed by atoms with E-state index >= 15 is 0 Å². The zero-order valence-corrected chi connectivity index (χ0v) is 10.3. The molecule has 1 aromatic carbocycles. The summed E-state index contributed by atoms with van der Waals surface area (Å²) < 4.78 is 0. The number of fused-ring (bicyclic) bond motifs is 1. The van der Waals surface area contributed by atoms with Crippen LogP contribution in [0.25, 0.3) is 0 Å². The summed E-state index contributed by atoms with van der Waals surface area (Å²) >= 11 is 0. The van der Waals surface area contributed by atoms with Crippen LogP contribution in [0.3, 0.4) is 0 Å². The minimum absolute atomic E-state index is 0.683. The van der Waals surface area contributed by atoms with Crippen LogP contribution in [0, 0.1) is 5.92 Å². The van der Waals surface area contributed by atoms with Crippen LogP contribution in [-0.2, 0) is 0 Å². The molecule has 4 aliphatic rings. The van der Waals surface area contributed by atoms with Gasteiger partial charge in [0.05, 0.1) is 0 Å². The van der Waals surface area contributed by atoms with Crippen molar-refractivity contribution in [3.8, 4) is 0 Å². The van der Waals surface area contributed by atoms with Crippen molar-refractivity contribution in [3.63, 3.8) is 0 Å². The normalized spacial score (nSPS) is 33.6. The third-order valence-corrected chi connectivity index (χ3v) is 4.89. The molecule has 0 saturated heterocycles. The van der Waals surface area contributed by atoms with E-state index in [1.807, 2.05) is 0 Å². The zero-order valence-electron chi connectivity index (χ0n) is 10.3. The van der Waals surface area contributed by atoms with E-state index in [-0.39, 0.29) is 0 Å². The van der Waals surface area contributed by atoms with Crippen LogP contribution in [0.4, 0.5) is 0 Å². The predicted octanol–water partition coefficient (Wildman–Crippen LogP) is 4.55. The Kier molecular flexibility index (Phi) is 1.91. The van der Waals surface area contributed by atoms with Gasteiger partial charge in [0, 0.05) is 11.8 Å².